The quantitative estimate of drug-likeness (QED) is 0.523. The Balaban J connectivity index is 1.39. The second-order valence-electron chi connectivity index (χ2n) is 8.16. The van der Waals surface area contributed by atoms with Crippen LogP contribution in [0.25, 0.3) is 16.6 Å². The molecule has 0 saturated carbocycles. The summed E-state index contributed by atoms with van der Waals surface area (Å²) in [6.07, 6.45) is 4.22. The summed E-state index contributed by atoms with van der Waals surface area (Å²) in [6, 6.07) is 11.6. The van der Waals surface area contributed by atoms with Gasteiger partial charge in [0, 0.05) is 38.6 Å². The van der Waals surface area contributed by atoms with Crippen LogP contribution in [0, 0.1) is 12.7 Å². The van der Waals surface area contributed by atoms with Gasteiger partial charge < -0.3 is 9.80 Å². The number of benzene rings is 2. The summed E-state index contributed by atoms with van der Waals surface area (Å²) in [7, 11) is 0. The summed E-state index contributed by atoms with van der Waals surface area (Å²) in [5.74, 6) is -0.0974. The fraction of sp³-hybridized carbons (Fsp3) is 0.250. The van der Waals surface area contributed by atoms with Crippen LogP contribution >= 0.6 is 0 Å². The average Bonchev–Trinajstić information content (AvgIpc) is 3.23. The van der Waals surface area contributed by atoms with Crippen molar-refractivity contribution >= 4 is 22.8 Å². The number of halogens is 1. The van der Waals surface area contributed by atoms with Crippen LogP contribution in [-0.4, -0.2) is 56.7 Å². The summed E-state index contributed by atoms with van der Waals surface area (Å²) in [4.78, 5) is 37.0. The van der Waals surface area contributed by atoms with Gasteiger partial charge in [-0.1, -0.05) is 11.6 Å². The number of rotatable bonds is 3. The Kier molecular flexibility index (Phi) is 5.37. The van der Waals surface area contributed by atoms with Gasteiger partial charge in [0.05, 0.1) is 22.2 Å². The van der Waals surface area contributed by atoms with Crippen molar-refractivity contribution in [1.29, 1.82) is 0 Å². The first-order valence-electron chi connectivity index (χ1n) is 10.8. The summed E-state index contributed by atoms with van der Waals surface area (Å²) < 4.78 is 15.2. The lowest BCUT2D eigenvalue weighted by Gasteiger charge is -2.23. The summed E-state index contributed by atoms with van der Waals surface area (Å²) in [5.41, 5.74) is 2.40. The van der Waals surface area contributed by atoms with Crippen molar-refractivity contribution in [3.05, 3.63) is 82.2 Å². The summed E-state index contributed by atoms with van der Waals surface area (Å²) in [6.45, 7) is 4.19. The number of hydrogen-bond acceptors (Lipinski definition) is 5. The lowest BCUT2D eigenvalue weighted by Crippen LogP contribution is -2.36. The first kappa shape index (κ1) is 20.9. The molecule has 1 fully saturated rings. The highest BCUT2D eigenvalue weighted by molar-refractivity contribution is 5.98. The van der Waals surface area contributed by atoms with Crippen molar-refractivity contribution < 1.29 is 9.18 Å². The average molecular weight is 446 g/mol. The van der Waals surface area contributed by atoms with E-state index in [1.165, 1.54) is 18.2 Å². The number of amides is 1. The predicted molar refractivity (Wildman–Crippen MR) is 123 cm³/mol. The van der Waals surface area contributed by atoms with E-state index in [1.54, 1.807) is 10.9 Å². The number of aryl methyl sites for hydroxylation is 1. The van der Waals surface area contributed by atoms with Crippen LogP contribution in [0.15, 0.2) is 59.7 Å². The molecule has 1 saturated heterocycles. The highest BCUT2D eigenvalue weighted by Crippen LogP contribution is 2.20. The van der Waals surface area contributed by atoms with Crippen LogP contribution in [0.2, 0.25) is 0 Å². The zero-order chi connectivity index (χ0) is 22.9. The minimum absolute atomic E-state index is 0.0542. The monoisotopic (exact) mass is 446 g/mol. The molecule has 0 spiro atoms. The Morgan fingerprint density at radius 3 is 2.79 bits per heavy atom. The molecule has 0 bridgehead atoms. The zero-order valence-electron chi connectivity index (χ0n) is 18.2. The third-order valence-electron chi connectivity index (χ3n) is 5.87. The zero-order valence-corrected chi connectivity index (χ0v) is 18.2. The topological polar surface area (TPSA) is 87.1 Å². The molecular weight excluding hydrogens is 423 g/mol. The maximum Gasteiger partial charge on any atom is 0.260 e. The Hall–Kier alpha value is -4.01. The number of H-pyrrole nitrogens is 1. The fourth-order valence-electron chi connectivity index (χ4n) is 4.18. The number of fused-ring (bicyclic) bond motifs is 1. The molecular formula is C24H23FN6O2. The van der Waals surface area contributed by atoms with E-state index in [0.29, 0.717) is 43.2 Å². The molecule has 1 aliphatic heterocycles. The third kappa shape index (κ3) is 4.09. The fourth-order valence-corrected chi connectivity index (χ4v) is 4.18. The predicted octanol–water partition coefficient (Wildman–Crippen LogP) is 2.91. The van der Waals surface area contributed by atoms with Crippen molar-refractivity contribution in [3.8, 4) is 5.69 Å². The molecule has 3 heterocycles. The Morgan fingerprint density at radius 1 is 1.09 bits per heavy atom. The molecule has 5 rings (SSSR count). The molecule has 0 aliphatic carbocycles. The van der Waals surface area contributed by atoms with Crippen LogP contribution < -0.4 is 10.5 Å². The van der Waals surface area contributed by atoms with Gasteiger partial charge in [0.2, 0.25) is 5.95 Å². The van der Waals surface area contributed by atoms with Crippen LogP contribution in [-0.2, 0) is 0 Å². The number of aromatic amines is 1. The van der Waals surface area contributed by atoms with E-state index in [-0.39, 0.29) is 16.9 Å². The van der Waals surface area contributed by atoms with Crippen LogP contribution in [0.4, 0.5) is 10.3 Å². The Morgan fingerprint density at radius 2 is 1.97 bits per heavy atom. The molecule has 0 unspecified atom stereocenters. The molecule has 0 atom stereocenters. The second kappa shape index (κ2) is 8.50. The van der Waals surface area contributed by atoms with Crippen LogP contribution in [0.5, 0.6) is 0 Å². The van der Waals surface area contributed by atoms with Crippen molar-refractivity contribution in [2.24, 2.45) is 0 Å². The Bertz CT molecular complexity index is 1380. The van der Waals surface area contributed by atoms with Gasteiger partial charge in [-0.2, -0.15) is 5.10 Å². The second-order valence-corrected chi connectivity index (χ2v) is 8.16. The Labute approximate surface area is 189 Å². The molecule has 1 N–H and O–H groups in total. The van der Waals surface area contributed by atoms with Gasteiger partial charge in [-0.3, -0.25) is 14.6 Å². The largest absolute Gasteiger partial charge is 0.340 e. The molecule has 168 valence electrons. The van der Waals surface area contributed by atoms with Crippen molar-refractivity contribution in [2.75, 3.05) is 31.1 Å². The lowest BCUT2D eigenvalue weighted by atomic mass is 10.1. The maximum absolute atomic E-state index is 13.5. The van der Waals surface area contributed by atoms with E-state index in [1.807, 2.05) is 47.2 Å². The molecule has 4 aromatic rings. The summed E-state index contributed by atoms with van der Waals surface area (Å²) >= 11 is 0. The number of carbonyl (C=O) groups is 1. The SMILES string of the molecule is Cc1ccc(-n2cccn2)c(C(=O)N2CCCN(c3nc4ccc(F)cc4c(=O)[nH]3)CC2)c1. The number of nitrogens with zero attached hydrogens (tertiary/aromatic N) is 5. The molecule has 9 heteroatoms. The molecule has 2 aromatic carbocycles. The maximum atomic E-state index is 13.5. The normalized spacial score (nSPS) is 14.5. The minimum Gasteiger partial charge on any atom is -0.340 e. The first-order chi connectivity index (χ1) is 16.0. The van der Waals surface area contributed by atoms with Gasteiger partial charge in [0.1, 0.15) is 5.82 Å². The van der Waals surface area contributed by atoms with Gasteiger partial charge in [-0.25, -0.2) is 14.1 Å². The summed E-state index contributed by atoms with van der Waals surface area (Å²) in [5, 5.41) is 4.50. The van der Waals surface area contributed by atoms with Crippen molar-refractivity contribution in [2.45, 2.75) is 13.3 Å². The van der Waals surface area contributed by atoms with E-state index >= 15 is 0 Å². The van der Waals surface area contributed by atoms with Gasteiger partial charge in [0.25, 0.3) is 11.5 Å². The standard InChI is InChI=1S/C24H23FN6O2/c1-16-4-7-21(31-11-2-8-26-31)19(14-16)23(33)29-9-3-10-30(13-12-29)24-27-20-6-5-17(25)15-18(20)22(32)28-24/h2,4-8,11,14-15H,3,9-10,12-13H2,1H3,(H,27,28,32). The van der Waals surface area contributed by atoms with Crippen molar-refractivity contribution in [1.82, 2.24) is 24.6 Å². The molecule has 2 aromatic heterocycles. The van der Waals surface area contributed by atoms with E-state index < -0.39 is 5.82 Å². The van der Waals surface area contributed by atoms with Crippen LogP contribution in [0.1, 0.15) is 22.3 Å². The molecule has 8 nitrogen and oxygen atoms in total. The number of nitrogens with one attached hydrogen (secondary N) is 1. The van der Waals surface area contributed by atoms with Gasteiger partial charge in [0.15, 0.2) is 0 Å². The van der Waals surface area contributed by atoms with E-state index in [4.69, 9.17) is 0 Å². The molecule has 0 radical (unpaired) electrons. The molecule has 1 amide bonds. The van der Waals surface area contributed by atoms with Crippen molar-refractivity contribution in [3.63, 3.8) is 0 Å². The third-order valence-corrected chi connectivity index (χ3v) is 5.87. The highest BCUT2D eigenvalue weighted by Gasteiger charge is 2.24. The minimum atomic E-state index is -0.475. The van der Waals surface area contributed by atoms with Gasteiger partial charge in [-0.05, 0) is 49.7 Å². The molecule has 33 heavy (non-hydrogen) atoms. The smallest absolute Gasteiger partial charge is 0.260 e. The van der Waals surface area contributed by atoms with E-state index in [0.717, 1.165) is 17.7 Å². The highest BCUT2D eigenvalue weighted by atomic mass is 19.1. The number of hydrogen-bond donors (Lipinski definition) is 1. The van der Waals surface area contributed by atoms with E-state index in [2.05, 4.69) is 15.1 Å². The number of anilines is 1. The van der Waals surface area contributed by atoms with Crippen LogP contribution in [0.3, 0.4) is 0 Å². The number of carbonyl (C=O) groups excluding carboxylic acids is 1. The molecule has 1 aliphatic rings. The van der Waals surface area contributed by atoms with Gasteiger partial charge >= 0.3 is 0 Å². The first-order valence-corrected chi connectivity index (χ1v) is 10.8. The number of aromatic nitrogens is 4. The van der Waals surface area contributed by atoms with Gasteiger partial charge in [-0.15, -0.1) is 0 Å². The van der Waals surface area contributed by atoms with E-state index in [9.17, 15) is 14.0 Å². The lowest BCUT2D eigenvalue weighted by molar-refractivity contribution is 0.0766.